The molecule has 1 atom stereocenters. The number of unbranched alkanes of at least 4 members (excludes halogenated alkanes) is 1. The van der Waals surface area contributed by atoms with Crippen LogP contribution in [0.5, 0.6) is 0 Å². The second-order valence-corrected chi connectivity index (χ2v) is 7.00. The SMILES string of the molecule is CCCCN1CC(C)C(C)(C)NC(C)(C)CC1=O. The maximum absolute atomic E-state index is 12.3. The summed E-state index contributed by atoms with van der Waals surface area (Å²) in [4.78, 5) is 14.4. The van der Waals surface area contributed by atoms with Crippen LogP contribution >= 0.6 is 0 Å². The Morgan fingerprint density at radius 3 is 2.50 bits per heavy atom. The number of carbonyl (C=O) groups excluding carboxylic acids is 1. The largest absolute Gasteiger partial charge is 0.342 e. The molecule has 0 aromatic rings. The lowest BCUT2D eigenvalue weighted by Crippen LogP contribution is -2.61. The molecule has 1 N–H and O–H groups in total. The maximum atomic E-state index is 12.3. The predicted molar refractivity (Wildman–Crippen MR) is 76.6 cm³/mol. The summed E-state index contributed by atoms with van der Waals surface area (Å²) in [6.07, 6.45) is 2.84. The highest BCUT2D eigenvalue weighted by Crippen LogP contribution is 2.26. The van der Waals surface area contributed by atoms with E-state index in [1.807, 2.05) is 0 Å². The van der Waals surface area contributed by atoms with Crippen LogP contribution in [0.1, 0.15) is 60.8 Å². The molecule has 0 aromatic heterocycles. The lowest BCUT2D eigenvalue weighted by molar-refractivity contribution is -0.135. The summed E-state index contributed by atoms with van der Waals surface area (Å²) in [7, 11) is 0. The van der Waals surface area contributed by atoms with Crippen molar-refractivity contribution in [3.63, 3.8) is 0 Å². The number of carbonyl (C=O) groups is 1. The van der Waals surface area contributed by atoms with Crippen LogP contribution in [0, 0.1) is 5.92 Å². The van der Waals surface area contributed by atoms with Crippen molar-refractivity contribution in [1.29, 1.82) is 0 Å². The van der Waals surface area contributed by atoms with Crippen molar-refractivity contribution >= 4 is 5.91 Å². The number of nitrogens with zero attached hydrogens (tertiary/aromatic N) is 1. The summed E-state index contributed by atoms with van der Waals surface area (Å²) in [5.74, 6) is 0.751. The van der Waals surface area contributed by atoms with Gasteiger partial charge in [-0.2, -0.15) is 0 Å². The third-order valence-electron chi connectivity index (χ3n) is 4.11. The second-order valence-electron chi connectivity index (χ2n) is 7.00. The summed E-state index contributed by atoms with van der Waals surface area (Å²) in [6, 6.07) is 0. The molecule has 3 nitrogen and oxygen atoms in total. The molecule has 1 fully saturated rings. The van der Waals surface area contributed by atoms with Crippen LogP contribution in [0.15, 0.2) is 0 Å². The van der Waals surface area contributed by atoms with Gasteiger partial charge in [-0.25, -0.2) is 0 Å². The fraction of sp³-hybridized carbons (Fsp3) is 0.933. The molecule has 1 aliphatic heterocycles. The van der Waals surface area contributed by atoms with Crippen molar-refractivity contribution in [1.82, 2.24) is 10.2 Å². The molecule has 0 saturated carbocycles. The van der Waals surface area contributed by atoms with Gasteiger partial charge in [0.1, 0.15) is 0 Å². The summed E-state index contributed by atoms with van der Waals surface area (Å²) in [5.41, 5.74) is -0.0611. The van der Waals surface area contributed by atoms with Crippen molar-refractivity contribution in [2.75, 3.05) is 13.1 Å². The summed E-state index contributed by atoms with van der Waals surface area (Å²) < 4.78 is 0. The van der Waals surface area contributed by atoms with Gasteiger partial charge in [0.05, 0.1) is 0 Å². The molecule has 0 aliphatic carbocycles. The van der Waals surface area contributed by atoms with E-state index < -0.39 is 0 Å². The van der Waals surface area contributed by atoms with Crippen LogP contribution in [0.25, 0.3) is 0 Å². The van der Waals surface area contributed by atoms with Gasteiger partial charge >= 0.3 is 0 Å². The standard InChI is InChI=1S/C15H30N2O/c1-7-8-9-17-11-12(2)15(5,6)16-14(3,4)10-13(17)18/h12,16H,7-11H2,1-6H3. The molecule has 1 rings (SSSR count). The van der Waals surface area contributed by atoms with Crippen molar-refractivity contribution < 1.29 is 4.79 Å². The fourth-order valence-corrected chi connectivity index (χ4v) is 2.75. The Morgan fingerprint density at radius 2 is 1.94 bits per heavy atom. The number of hydrogen-bond acceptors (Lipinski definition) is 2. The van der Waals surface area contributed by atoms with Gasteiger partial charge in [0.25, 0.3) is 0 Å². The van der Waals surface area contributed by atoms with E-state index in [4.69, 9.17) is 0 Å². The third kappa shape index (κ3) is 3.98. The first-order valence-electron chi connectivity index (χ1n) is 7.25. The average Bonchev–Trinajstić information content (AvgIpc) is 2.19. The average molecular weight is 254 g/mol. The topological polar surface area (TPSA) is 32.3 Å². The summed E-state index contributed by atoms with van der Waals surface area (Å²) in [5, 5.41) is 3.64. The van der Waals surface area contributed by atoms with Gasteiger partial charge < -0.3 is 10.2 Å². The summed E-state index contributed by atoms with van der Waals surface area (Å²) in [6.45, 7) is 14.9. The quantitative estimate of drug-likeness (QED) is 0.840. The highest BCUT2D eigenvalue weighted by Gasteiger charge is 2.38. The Bertz CT molecular complexity index is 297. The molecular formula is C15H30N2O. The normalized spacial score (nSPS) is 27.8. The zero-order valence-corrected chi connectivity index (χ0v) is 13.0. The van der Waals surface area contributed by atoms with E-state index in [-0.39, 0.29) is 11.1 Å². The van der Waals surface area contributed by atoms with Crippen molar-refractivity contribution in [2.24, 2.45) is 5.92 Å². The number of amides is 1. The molecule has 1 unspecified atom stereocenters. The lowest BCUT2D eigenvalue weighted by Gasteiger charge is -2.45. The smallest absolute Gasteiger partial charge is 0.224 e. The van der Waals surface area contributed by atoms with Crippen molar-refractivity contribution in [3.8, 4) is 0 Å². The Morgan fingerprint density at radius 1 is 1.33 bits per heavy atom. The first kappa shape index (κ1) is 15.5. The number of rotatable bonds is 3. The molecule has 1 amide bonds. The summed E-state index contributed by atoms with van der Waals surface area (Å²) >= 11 is 0. The van der Waals surface area contributed by atoms with Gasteiger partial charge in [-0.1, -0.05) is 20.3 Å². The van der Waals surface area contributed by atoms with Crippen LogP contribution < -0.4 is 5.32 Å². The minimum atomic E-state index is -0.125. The van der Waals surface area contributed by atoms with E-state index in [0.717, 1.165) is 25.9 Å². The van der Waals surface area contributed by atoms with E-state index in [1.165, 1.54) is 0 Å². The van der Waals surface area contributed by atoms with E-state index >= 15 is 0 Å². The third-order valence-corrected chi connectivity index (χ3v) is 4.11. The molecule has 0 radical (unpaired) electrons. The van der Waals surface area contributed by atoms with Crippen molar-refractivity contribution in [3.05, 3.63) is 0 Å². The molecule has 106 valence electrons. The van der Waals surface area contributed by atoms with Gasteiger partial charge in [0, 0.05) is 30.6 Å². The van der Waals surface area contributed by atoms with E-state index in [9.17, 15) is 4.79 Å². The minimum absolute atomic E-state index is 0.0642. The minimum Gasteiger partial charge on any atom is -0.342 e. The number of hydrogen-bond donors (Lipinski definition) is 1. The van der Waals surface area contributed by atoms with Crippen LogP contribution in [0.3, 0.4) is 0 Å². The van der Waals surface area contributed by atoms with Gasteiger partial charge in [0.15, 0.2) is 0 Å². The predicted octanol–water partition coefficient (Wildman–Crippen LogP) is 2.80. The first-order valence-corrected chi connectivity index (χ1v) is 7.25. The Kier molecular flexibility index (Phi) is 4.82. The Hall–Kier alpha value is -0.570. The highest BCUT2D eigenvalue weighted by molar-refractivity contribution is 5.77. The van der Waals surface area contributed by atoms with Crippen LogP contribution in [0.4, 0.5) is 0 Å². The maximum Gasteiger partial charge on any atom is 0.224 e. The van der Waals surface area contributed by atoms with Crippen molar-refractivity contribution in [2.45, 2.75) is 71.9 Å². The van der Waals surface area contributed by atoms with E-state index in [1.54, 1.807) is 0 Å². The Balaban J connectivity index is 2.86. The molecule has 1 heterocycles. The molecule has 1 aliphatic rings. The van der Waals surface area contributed by atoms with Gasteiger partial charge in [0.2, 0.25) is 5.91 Å². The van der Waals surface area contributed by atoms with E-state index in [2.05, 4.69) is 51.8 Å². The highest BCUT2D eigenvalue weighted by atomic mass is 16.2. The first-order chi connectivity index (χ1) is 8.18. The van der Waals surface area contributed by atoms with Gasteiger partial charge in [-0.15, -0.1) is 0 Å². The van der Waals surface area contributed by atoms with Gasteiger partial charge in [-0.05, 0) is 40.0 Å². The zero-order chi connectivity index (χ0) is 14.0. The zero-order valence-electron chi connectivity index (χ0n) is 13.0. The second kappa shape index (κ2) is 5.60. The molecule has 3 heteroatoms. The van der Waals surface area contributed by atoms with Gasteiger partial charge in [-0.3, -0.25) is 4.79 Å². The lowest BCUT2D eigenvalue weighted by atomic mass is 9.83. The molecule has 0 spiro atoms. The van der Waals surface area contributed by atoms with Crippen LogP contribution in [0.2, 0.25) is 0 Å². The molecule has 0 aromatic carbocycles. The monoisotopic (exact) mass is 254 g/mol. The van der Waals surface area contributed by atoms with E-state index in [0.29, 0.717) is 18.2 Å². The van der Waals surface area contributed by atoms with Crippen LogP contribution in [-0.4, -0.2) is 35.0 Å². The Labute approximate surface area is 112 Å². The molecule has 1 saturated heterocycles. The molecule has 18 heavy (non-hydrogen) atoms. The fourth-order valence-electron chi connectivity index (χ4n) is 2.75. The number of nitrogens with one attached hydrogen (secondary N) is 1. The van der Waals surface area contributed by atoms with Crippen LogP contribution in [-0.2, 0) is 4.79 Å². The molecular weight excluding hydrogens is 224 g/mol. The molecule has 0 bridgehead atoms.